The zero-order chi connectivity index (χ0) is 28.9. The molecule has 39 heavy (non-hydrogen) atoms. The van der Waals surface area contributed by atoms with E-state index in [9.17, 15) is 30.0 Å². The maximum absolute atomic E-state index is 13.5. The zero-order valence-corrected chi connectivity index (χ0v) is 23.5. The smallest absolute Gasteiger partial charge is 0.376 e. The van der Waals surface area contributed by atoms with Crippen molar-refractivity contribution < 1.29 is 34.2 Å². The van der Waals surface area contributed by atoms with Crippen molar-refractivity contribution in [2.75, 3.05) is 0 Å². The molecule has 0 radical (unpaired) electrons. The molecule has 0 atom stereocenters. The van der Waals surface area contributed by atoms with Gasteiger partial charge in [0.15, 0.2) is 0 Å². The molecule has 0 unspecified atom stereocenters. The number of hydrogen-bond donors (Lipinski definition) is 0. The Kier molecular flexibility index (Phi) is 7.32. The summed E-state index contributed by atoms with van der Waals surface area (Å²) in [5.74, 6) is -0.463. The van der Waals surface area contributed by atoms with E-state index in [-0.39, 0.29) is 17.2 Å². The average Bonchev–Trinajstić information content (AvgIpc) is 3.21. The molecule has 0 aliphatic heterocycles. The van der Waals surface area contributed by atoms with Crippen LogP contribution in [0.3, 0.4) is 0 Å². The summed E-state index contributed by atoms with van der Waals surface area (Å²) in [4.78, 5) is 4.93. The van der Waals surface area contributed by atoms with Crippen LogP contribution in [-0.4, -0.2) is 31.3 Å². The van der Waals surface area contributed by atoms with Crippen molar-refractivity contribution >= 4 is 31.2 Å². The molecule has 208 valence electrons. The highest BCUT2D eigenvalue weighted by molar-refractivity contribution is 7.90. The van der Waals surface area contributed by atoms with E-state index in [1.54, 1.807) is 56.4 Å². The number of aromatic nitrogens is 2. The summed E-state index contributed by atoms with van der Waals surface area (Å²) in [7, 11) is -9.67. The highest BCUT2D eigenvalue weighted by Gasteiger charge is 2.48. The Hall–Kier alpha value is -3.38. The van der Waals surface area contributed by atoms with Crippen LogP contribution < -0.4 is 4.18 Å². The standard InChI is InChI=1S/C27H27F3N2O5S2/c1-16(2)24-15-32(38(33,34)22-9-6-17(3)7-10-22)25-11-8-20(31-26(24)25)14-23-18(4)12-21(13-19(23)5)37-39(35,36)27(28,29)30/h6-13,15-16H,14H2,1-5H3. The van der Waals surface area contributed by atoms with Gasteiger partial charge < -0.3 is 4.18 Å². The van der Waals surface area contributed by atoms with Gasteiger partial charge in [-0.05, 0) is 85.3 Å². The van der Waals surface area contributed by atoms with Gasteiger partial charge in [0.1, 0.15) is 5.75 Å². The quantitative estimate of drug-likeness (QED) is 0.193. The zero-order valence-electron chi connectivity index (χ0n) is 21.9. The lowest BCUT2D eigenvalue weighted by Crippen LogP contribution is -2.28. The Bertz CT molecular complexity index is 1750. The molecule has 7 nitrogen and oxygen atoms in total. The minimum atomic E-state index is -5.79. The fourth-order valence-electron chi connectivity index (χ4n) is 4.32. The average molecular weight is 581 g/mol. The van der Waals surface area contributed by atoms with E-state index in [1.807, 2.05) is 20.8 Å². The first-order valence-corrected chi connectivity index (χ1v) is 14.8. The largest absolute Gasteiger partial charge is 0.534 e. The number of rotatable bonds is 7. The third kappa shape index (κ3) is 5.53. The number of aryl methyl sites for hydroxylation is 3. The first-order valence-electron chi connectivity index (χ1n) is 12.0. The third-order valence-corrected chi connectivity index (χ3v) is 9.08. The van der Waals surface area contributed by atoms with Crippen LogP contribution in [0.25, 0.3) is 11.0 Å². The maximum atomic E-state index is 13.5. The SMILES string of the molecule is Cc1ccc(S(=O)(=O)n2cc(C(C)C)c3nc(Cc4c(C)cc(OS(=O)(=O)C(F)(F)F)cc4C)ccc32)cc1. The van der Waals surface area contributed by atoms with Crippen LogP contribution in [0.2, 0.25) is 0 Å². The van der Waals surface area contributed by atoms with Crippen LogP contribution in [0.15, 0.2) is 59.6 Å². The summed E-state index contributed by atoms with van der Waals surface area (Å²) in [5, 5.41) is 0. The van der Waals surface area contributed by atoms with E-state index in [0.29, 0.717) is 27.9 Å². The van der Waals surface area contributed by atoms with E-state index >= 15 is 0 Å². The Morgan fingerprint density at radius 2 is 1.51 bits per heavy atom. The number of fused-ring (bicyclic) bond motifs is 1. The molecule has 12 heteroatoms. The van der Waals surface area contributed by atoms with Crippen molar-refractivity contribution in [3.8, 4) is 5.75 Å². The molecular weight excluding hydrogens is 553 g/mol. The summed E-state index contributed by atoms with van der Waals surface area (Å²) in [6.07, 6.45) is 1.87. The molecule has 0 aliphatic carbocycles. The highest BCUT2D eigenvalue weighted by Crippen LogP contribution is 2.32. The Morgan fingerprint density at radius 1 is 0.923 bits per heavy atom. The second-order valence-corrected chi connectivity index (χ2v) is 13.1. The molecule has 2 aromatic heterocycles. The van der Waals surface area contributed by atoms with Crippen LogP contribution in [0.1, 0.15) is 53.3 Å². The minimum absolute atomic E-state index is 0.0276. The number of nitrogens with zero attached hydrogens (tertiary/aromatic N) is 2. The molecule has 4 aromatic rings. The molecular formula is C27H27F3N2O5S2. The van der Waals surface area contributed by atoms with Crippen LogP contribution in [-0.2, 0) is 26.6 Å². The van der Waals surface area contributed by atoms with E-state index in [0.717, 1.165) is 16.7 Å². The van der Waals surface area contributed by atoms with Gasteiger partial charge in [0.05, 0.1) is 15.9 Å². The molecule has 2 heterocycles. The molecule has 0 saturated carbocycles. The van der Waals surface area contributed by atoms with Crippen molar-refractivity contribution in [1.29, 1.82) is 0 Å². The molecule has 0 aliphatic rings. The molecule has 2 aromatic carbocycles. The summed E-state index contributed by atoms with van der Waals surface area (Å²) < 4.78 is 93.5. The molecule has 0 N–H and O–H groups in total. The fourth-order valence-corrected chi connectivity index (χ4v) is 6.13. The summed E-state index contributed by atoms with van der Waals surface area (Å²) in [5.41, 5.74) is -0.508. The lowest BCUT2D eigenvalue weighted by atomic mass is 9.97. The first kappa shape index (κ1) is 28.6. The van der Waals surface area contributed by atoms with Crippen molar-refractivity contribution in [1.82, 2.24) is 8.96 Å². The molecule has 0 amide bonds. The molecule has 4 rings (SSSR count). The van der Waals surface area contributed by atoms with E-state index in [4.69, 9.17) is 4.98 Å². The number of halogens is 3. The van der Waals surface area contributed by atoms with Gasteiger partial charge in [-0.15, -0.1) is 0 Å². The van der Waals surface area contributed by atoms with Crippen LogP contribution in [0.5, 0.6) is 5.75 Å². The first-order chi connectivity index (χ1) is 18.0. The predicted octanol–water partition coefficient (Wildman–Crippen LogP) is 6.14. The third-order valence-electron chi connectivity index (χ3n) is 6.42. The topological polar surface area (TPSA) is 95.3 Å². The number of hydrogen-bond acceptors (Lipinski definition) is 6. The Morgan fingerprint density at radius 3 is 2.05 bits per heavy atom. The van der Waals surface area contributed by atoms with E-state index in [2.05, 4.69) is 4.18 Å². The summed E-state index contributed by atoms with van der Waals surface area (Å²) >= 11 is 0. The summed E-state index contributed by atoms with van der Waals surface area (Å²) in [6.45, 7) is 9.02. The van der Waals surface area contributed by atoms with Gasteiger partial charge >= 0.3 is 15.6 Å². The lowest BCUT2D eigenvalue weighted by molar-refractivity contribution is -0.0500. The molecule has 0 fully saturated rings. The molecule has 0 saturated heterocycles. The van der Waals surface area contributed by atoms with Crippen LogP contribution in [0, 0.1) is 20.8 Å². The van der Waals surface area contributed by atoms with Gasteiger partial charge in [-0.2, -0.15) is 21.6 Å². The van der Waals surface area contributed by atoms with E-state index in [1.165, 1.54) is 16.1 Å². The predicted molar refractivity (Wildman–Crippen MR) is 142 cm³/mol. The van der Waals surface area contributed by atoms with Crippen LogP contribution in [0.4, 0.5) is 13.2 Å². The maximum Gasteiger partial charge on any atom is 0.534 e. The second-order valence-electron chi connectivity index (χ2n) is 9.72. The number of pyridine rings is 1. The fraction of sp³-hybridized carbons (Fsp3) is 0.296. The van der Waals surface area contributed by atoms with Gasteiger partial charge in [-0.3, -0.25) is 4.98 Å². The summed E-state index contributed by atoms with van der Waals surface area (Å²) in [6, 6.07) is 12.4. The van der Waals surface area contributed by atoms with Gasteiger partial charge in [-0.1, -0.05) is 31.5 Å². The highest BCUT2D eigenvalue weighted by atomic mass is 32.2. The number of benzene rings is 2. The molecule has 0 spiro atoms. The second kappa shape index (κ2) is 9.98. The van der Waals surface area contributed by atoms with Gasteiger partial charge in [0.25, 0.3) is 10.0 Å². The van der Waals surface area contributed by atoms with Crippen molar-refractivity contribution in [3.05, 3.63) is 88.2 Å². The van der Waals surface area contributed by atoms with Crippen molar-refractivity contribution in [3.63, 3.8) is 0 Å². The molecule has 0 bridgehead atoms. The van der Waals surface area contributed by atoms with Gasteiger partial charge in [0, 0.05) is 18.3 Å². The Labute approximate surface area is 225 Å². The normalized spacial score (nSPS) is 12.8. The van der Waals surface area contributed by atoms with Crippen LogP contribution >= 0.6 is 0 Å². The van der Waals surface area contributed by atoms with Gasteiger partial charge in [-0.25, -0.2) is 12.4 Å². The van der Waals surface area contributed by atoms with Crippen molar-refractivity contribution in [2.45, 2.75) is 57.4 Å². The van der Waals surface area contributed by atoms with Gasteiger partial charge in [0.2, 0.25) is 0 Å². The monoisotopic (exact) mass is 580 g/mol. The lowest BCUT2D eigenvalue weighted by Gasteiger charge is -2.14. The van der Waals surface area contributed by atoms with E-state index < -0.39 is 31.4 Å². The number of alkyl halides is 3. The minimum Gasteiger partial charge on any atom is -0.376 e. The Balaban J connectivity index is 1.73. The van der Waals surface area contributed by atoms with Crippen molar-refractivity contribution in [2.24, 2.45) is 0 Å².